The van der Waals surface area contributed by atoms with Crippen LogP contribution in [0.2, 0.25) is 0 Å². The Labute approximate surface area is 165 Å². The van der Waals surface area contributed by atoms with E-state index in [4.69, 9.17) is 9.47 Å². The van der Waals surface area contributed by atoms with Crippen molar-refractivity contribution in [1.29, 1.82) is 0 Å². The Kier molecular flexibility index (Phi) is 6.31. The van der Waals surface area contributed by atoms with E-state index in [1.54, 1.807) is 17.9 Å². The monoisotopic (exact) mass is 383 g/mol. The Morgan fingerprint density at radius 1 is 1.18 bits per heavy atom. The van der Waals surface area contributed by atoms with Crippen LogP contribution >= 0.6 is 0 Å². The molecule has 0 saturated heterocycles. The first kappa shape index (κ1) is 19.9. The van der Waals surface area contributed by atoms with E-state index in [0.29, 0.717) is 18.8 Å². The fraction of sp³-hybridized carbons (Fsp3) is 0.318. The first-order valence-electron chi connectivity index (χ1n) is 9.37. The van der Waals surface area contributed by atoms with Gasteiger partial charge in [0.05, 0.1) is 25.6 Å². The lowest BCUT2D eigenvalue weighted by molar-refractivity contribution is 0.310. The van der Waals surface area contributed by atoms with Gasteiger partial charge in [-0.25, -0.2) is 9.07 Å². The second-order valence-electron chi connectivity index (χ2n) is 6.60. The van der Waals surface area contributed by atoms with Crippen molar-refractivity contribution < 1.29 is 13.9 Å². The van der Waals surface area contributed by atoms with Crippen LogP contribution in [0.4, 0.5) is 4.39 Å². The van der Waals surface area contributed by atoms with Crippen molar-refractivity contribution in [3.63, 3.8) is 0 Å². The summed E-state index contributed by atoms with van der Waals surface area (Å²) in [5.74, 6) is 1.20. The van der Waals surface area contributed by atoms with Crippen molar-refractivity contribution in [2.75, 3.05) is 13.7 Å². The summed E-state index contributed by atoms with van der Waals surface area (Å²) in [5, 5.41) is 7.95. The number of halogens is 1. The lowest BCUT2D eigenvalue weighted by Gasteiger charge is -2.16. The third kappa shape index (κ3) is 4.34. The summed E-state index contributed by atoms with van der Waals surface area (Å²) in [5.41, 5.74) is 3.87. The van der Waals surface area contributed by atoms with E-state index in [-0.39, 0.29) is 11.9 Å². The van der Waals surface area contributed by atoms with Gasteiger partial charge < -0.3 is 14.8 Å². The molecule has 0 aliphatic rings. The summed E-state index contributed by atoms with van der Waals surface area (Å²) in [7, 11) is 1.64. The van der Waals surface area contributed by atoms with E-state index < -0.39 is 0 Å². The van der Waals surface area contributed by atoms with Crippen molar-refractivity contribution in [2.45, 2.75) is 33.4 Å². The number of hydrogen-bond acceptors (Lipinski definition) is 4. The topological polar surface area (TPSA) is 48.3 Å². The summed E-state index contributed by atoms with van der Waals surface area (Å²) >= 11 is 0. The van der Waals surface area contributed by atoms with Crippen LogP contribution in [0.3, 0.4) is 0 Å². The van der Waals surface area contributed by atoms with Crippen LogP contribution < -0.4 is 14.8 Å². The van der Waals surface area contributed by atoms with Crippen LogP contribution in [0.25, 0.3) is 5.69 Å². The highest BCUT2D eigenvalue weighted by Gasteiger charge is 2.15. The van der Waals surface area contributed by atoms with Crippen LogP contribution in [0, 0.1) is 12.7 Å². The Hall–Kier alpha value is -2.86. The minimum Gasteiger partial charge on any atom is -0.493 e. The third-order valence-electron chi connectivity index (χ3n) is 4.71. The molecule has 1 heterocycles. The van der Waals surface area contributed by atoms with E-state index >= 15 is 0 Å². The Morgan fingerprint density at radius 2 is 2.00 bits per heavy atom. The molecule has 0 unspecified atom stereocenters. The van der Waals surface area contributed by atoms with Crippen LogP contribution in [0.5, 0.6) is 11.5 Å². The first-order valence-corrected chi connectivity index (χ1v) is 9.37. The van der Waals surface area contributed by atoms with Gasteiger partial charge in [0, 0.05) is 23.8 Å². The highest BCUT2D eigenvalue weighted by molar-refractivity contribution is 5.43. The predicted molar refractivity (Wildman–Crippen MR) is 108 cm³/mol. The maximum absolute atomic E-state index is 13.5. The molecule has 0 aliphatic carbocycles. The van der Waals surface area contributed by atoms with Gasteiger partial charge in [0.1, 0.15) is 5.82 Å². The van der Waals surface area contributed by atoms with E-state index in [1.807, 2.05) is 44.3 Å². The van der Waals surface area contributed by atoms with Gasteiger partial charge in [-0.15, -0.1) is 0 Å². The molecule has 0 radical (unpaired) electrons. The molecule has 0 spiro atoms. The smallest absolute Gasteiger partial charge is 0.161 e. The van der Waals surface area contributed by atoms with Gasteiger partial charge in [-0.2, -0.15) is 5.10 Å². The zero-order valence-corrected chi connectivity index (χ0v) is 16.7. The molecule has 0 aliphatic heterocycles. The molecule has 6 heteroatoms. The lowest BCUT2D eigenvalue weighted by Crippen LogP contribution is -2.18. The molecule has 3 rings (SSSR count). The molecular weight excluding hydrogens is 357 g/mol. The fourth-order valence-electron chi connectivity index (χ4n) is 3.20. The van der Waals surface area contributed by atoms with Crippen LogP contribution in [0.15, 0.2) is 48.7 Å². The molecule has 0 bridgehead atoms. The Bertz CT molecular complexity index is 939. The van der Waals surface area contributed by atoms with E-state index in [2.05, 4.69) is 17.3 Å². The highest BCUT2D eigenvalue weighted by atomic mass is 19.1. The summed E-state index contributed by atoms with van der Waals surface area (Å²) < 4.78 is 26.3. The standard InChI is InChI=1S/C22H26FN3O2/c1-5-28-22-11-17(9-10-21(22)27-4)13-24-15(2)20-14-25-26(16(20)3)19-8-6-7-18(23)12-19/h6-12,14-15,24H,5,13H2,1-4H3/t15-/m0/s1. The average Bonchev–Trinajstić information content (AvgIpc) is 3.08. The summed E-state index contributed by atoms with van der Waals surface area (Å²) in [6.45, 7) is 7.29. The summed E-state index contributed by atoms with van der Waals surface area (Å²) in [6.07, 6.45) is 1.83. The molecular formula is C22H26FN3O2. The molecule has 3 aromatic rings. The Morgan fingerprint density at radius 3 is 2.71 bits per heavy atom. The molecule has 148 valence electrons. The van der Waals surface area contributed by atoms with Gasteiger partial charge in [0.15, 0.2) is 11.5 Å². The minimum atomic E-state index is -0.273. The molecule has 5 nitrogen and oxygen atoms in total. The molecule has 0 saturated carbocycles. The Balaban J connectivity index is 1.72. The molecule has 0 amide bonds. The van der Waals surface area contributed by atoms with Crippen molar-refractivity contribution in [2.24, 2.45) is 0 Å². The maximum atomic E-state index is 13.5. The predicted octanol–water partition coefficient (Wildman–Crippen LogP) is 4.58. The van der Waals surface area contributed by atoms with E-state index in [9.17, 15) is 4.39 Å². The molecule has 1 atom stereocenters. The largest absolute Gasteiger partial charge is 0.493 e. The number of nitrogens with one attached hydrogen (secondary N) is 1. The molecule has 0 fully saturated rings. The number of hydrogen-bond donors (Lipinski definition) is 1. The highest BCUT2D eigenvalue weighted by Crippen LogP contribution is 2.28. The van der Waals surface area contributed by atoms with Gasteiger partial charge >= 0.3 is 0 Å². The third-order valence-corrected chi connectivity index (χ3v) is 4.71. The van der Waals surface area contributed by atoms with Crippen molar-refractivity contribution in [3.05, 3.63) is 71.3 Å². The maximum Gasteiger partial charge on any atom is 0.161 e. The second kappa shape index (κ2) is 8.89. The summed E-state index contributed by atoms with van der Waals surface area (Å²) in [4.78, 5) is 0. The van der Waals surface area contributed by atoms with Crippen molar-refractivity contribution in [1.82, 2.24) is 15.1 Å². The second-order valence-corrected chi connectivity index (χ2v) is 6.60. The molecule has 28 heavy (non-hydrogen) atoms. The molecule has 1 N–H and O–H groups in total. The number of ether oxygens (including phenoxy) is 2. The molecule has 1 aromatic heterocycles. The number of aromatic nitrogens is 2. The van der Waals surface area contributed by atoms with Crippen molar-refractivity contribution >= 4 is 0 Å². The van der Waals surface area contributed by atoms with Gasteiger partial charge in [0.25, 0.3) is 0 Å². The average molecular weight is 383 g/mol. The first-order chi connectivity index (χ1) is 13.5. The number of methoxy groups -OCH3 is 1. The zero-order valence-electron chi connectivity index (χ0n) is 16.7. The van der Waals surface area contributed by atoms with Crippen LogP contribution in [-0.2, 0) is 6.54 Å². The van der Waals surface area contributed by atoms with Crippen molar-refractivity contribution in [3.8, 4) is 17.2 Å². The van der Waals surface area contributed by atoms with Gasteiger partial charge in [-0.05, 0) is 56.7 Å². The minimum absolute atomic E-state index is 0.0833. The van der Waals surface area contributed by atoms with Gasteiger partial charge in [0.2, 0.25) is 0 Å². The van der Waals surface area contributed by atoms with E-state index in [1.165, 1.54) is 12.1 Å². The SMILES string of the molecule is CCOc1cc(CN[C@@H](C)c2cnn(-c3cccc(F)c3)c2C)ccc1OC. The molecule has 2 aromatic carbocycles. The normalized spacial score (nSPS) is 12.0. The lowest BCUT2D eigenvalue weighted by atomic mass is 10.1. The fourth-order valence-corrected chi connectivity index (χ4v) is 3.20. The quantitative estimate of drug-likeness (QED) is 0.619. The van der Waals surface area contributed by atoms with Crippen LogP contribution in [-0.4, -0.2) is 23.5 Å². The van der Waals surface area contributed by atoms with Gasteiger partial charge in [-0.1, -0.05) is 12.1 Å². The van der Waals surface area contributed by atoms with Gasteiger partial charge in [-0.3, -0.25) is 0 Å². The van der Waals surface area contributed by atoms with E-state index in [0.717, 1.165) is 28.3 Å². The zero-order chi connectivity index (χ0) is 20.1. The number of benzene rings is 2. The number of rotatable bonds is 8. The number of nitrogens with zero attached hydrogens (tertiary/aromatic N) is 2. The van der Waals surface area contributed by atoms with Crippen LogP contribution in [0.1, 0.15) is 36.7 Å². The summed E-state index contributed by atoms with van der Waals surface area (Å²) in [6, 6.07) is 12.5.